The lowest BCUT2D eigenvalue weighted by atomic mass is 10.0. The standard InChI is InChI=1S/C12H22N2O3S/c1-4-17-12(16)9-7-18-6-5-14(9)11(15)10(13)8(2)3/h8-10H,4-7,13H2,1-3H3/t9?,10-/m1/s1. The van der Waals surface area contributed by atoms with Crippen molar-refractivity contribution >= 4 is 23.6 Å². The number of rotatable bonds is 4. The molecule has 0 saturated carbocycles. The highest BCUT2D eigenvalue weighted by Crippen LogP contribution is 2.19. The van der Waals surface area contributed by atoms with Crippen LogP contribution in [0.4, 0.5) is 0 Å². The van der Waals surface area contributed by atoms with Gasteiger partial charge in [-0.1, -0.05) is 13.8 Å². The van der Waals surface area contributed by atoms with Crippen LogP contribution in [0.15, 0.2) is 0 Å². The Kier molecular flexibility index (Phi) is 5.95. The van der Waals surface area contributed by atoms with E-state index >= 15 is 0 Å². The van der Waals surface area contributed by atoms with E-state index in [-0.39, 0.29) is 17.8 Å². The Hall–Kier alpha value is -0.750. The van der Waals surface area contributed by atoms with Gasteiger partial charge in [-0.3, -0.25) is 4.79 Å². The molecule has 0 bridgehead atoms. The van der Waals surface area contributed by atoms with E-state index in [0.29, 0.717) is 18.9 Å². The lowest BCUT2D eigenvalue weighted by molar-refractivity contribution is -0.154. The first-order valence-electron chi connectivity index (χ1n) is 6.29. The van der Waals surface area contributed by atoms with Crippen LogP contribution in [0.25, 0.3) is 0 Å². The smallest absolute Gasteiger partial charge is 0.329 e. The van der Waals surface area contributed by atoms with Crippen LogP contribution < -0.4 is 5.73 Å². The number of carbonyl (C=O) groups excluding carboxylic acids is 2. The van der Waals surface area contributed by atoms with Crippen molar-refractivity contribution in [2.45, 2.75) is 32.9 Å². The molecule has 0 radical (unpaired) electrons. The van der Waals surface area contributed by atoms with Gasteiger partial charge in [-0.2, -0.15) is 11.8 Å². The number of nitrogens with zero attached hydrogens (tertiary/aromatic N) is 1. The molecular weight excluding hydrogens is 252 g/mol. The third-order valence-corrected chi connectivity index (χ3v) is 4.00. The summed E-state index contributed by atoms with van der Waals surface area (Å²) < 4.78 is 5.02. The quantitative estimate of drug-likeness (QED) is 0.755. The van der Waals surface area contributed by atoms with Crippen LogP contribution in [-0.2, 0) is 14.3 Å². The first-order valence-corrected chi connectivity index (χ1v) is 7.45. The van der Waals surface area contributed by atoms with Crippen molar-refractivity contribution < 1.29 is 14.3 Å². The Balaban J connectivity index is 2.76. The van der Waals surface area contributed by atoms with Crippen molar-refractivity contribution in [2.75, 3.05) is 24.7 Å². The summed E-state index contributed by atoms with van der Waals surface area (Å²) in [4.78, 5) is 25.7. The number of amides is 1. The van der Waals surface area contributed by atoms with Crippen LogP contribution in [0.3, 0.4) is 0 Å². The molecule has 5 nitrogen and oxygen atoms in total. The molecule has 0 aromatic carbocycles. The fourth-order valence-corrected chi connectivity index (χ4v) is 2.81. The minimum absolute atomic E-state index is 0.0647. The maximum Gasteiger partial charge on any atom is 0.329 e. The van der Waals surface area contributed by atoms with Gasteiger partial charge in [0.15, 0.2) is 0 Å². The molecule has 0 aromatic heterocycles. The number of ether oxygens (including phenoxy) is 1. The lowest BCUT2D eigenvalue weighted by Crippen LogP contribution is -2.56. The van der Waals surface area contributed by atoms with Gasteiger partial charge in [-0.25, -0.2) is 4.79 Å². The molecule has 2 N–H and O–H groups in total. The molecular formula is C12H22N2O3S. The minimum atomic E-state index is -0.551. The molecule has 1 heterocycles. The molecule has 1 rings (SSSR count). The molecule has 1 amide bonds. The van der Waals surface area contributed by atoms with Crippen LogP contribution in [0.2, 0.25) is 0 Å². The van der Waals surface area contributed by atoms with Crippen molar-refractivity contribution in [3.63, 3.8) is 0 Å². The third-order valence-electron chi connectivity index (χ3n) is 2.97. The molecule has 0 spiro atoms. The number of thioether (sulfide) groups is 1. The highest BCUT2D eigenvalue weighted by molar-refractivity contribution is 7.99. The van der Waals surface area contributed by atoms with Gasteiger partial charge in [0.25, 0.3) is 0 Å². The Labute approximate surface area is 112 Å². The molecule has 18 heavy (non-hydrogen) atoms. The van der Waals surface area contributed by atoms with Gasteiger partial charge < -0.3 is 15.4 Å². The van der Waals surface area contributed by atoms with Crippen molar-refractivity contribution in [3.05, 3.63) is 0 Å². The van der Waals surface area contributed by atoms with E-state index in [2.05, 4.69) is 0 Å². The van der Waals surface area contributed by atoms with Gasteiger partial charge in [-0.15, -0.1) is 0 Å². The zero-order chi connectivity index (χ0) is 13.7. The van der Waals surface area contributed by atoms with E-state index in [1.807, 2.05) is 13.8 Å². The largest absolute Gasteiger partial charge is 0.464 e. The van der Waals surface area contributed by atoms with Gasteiger partial charge in [0.2, 0.25) is 5.91 Å². The molecule has 1 fully saturated rings. The highest BCUT2D eigenvalue weighted by atomic mass is 32.2. The first kappa shape index (κ1) is 15.3. The van der Waals surface area contributed by atoms with Gasteiger partial charge in [0.1, 0.15) is 6.04 Å². The van der Waals surface area contributed by atoms with E-state index < -0.39 is 12.1 Å². The molecule has 6 heteroatoms. The summed E-state index contributed by atoms with van der Waals surface area (Å²) >= 11 is 1.66. The summed E-state index contributed by atoms with van der Waals surface area (Å²) in [6, 6.07) is -1.04. The predicted molar refractivity (Wildman–Crippen MR) is 72.3 cm³/mol. The summed E-state index contributed by atoms with van der Waals surface area (Å²) in [5, 5.41) is 0. The SMILES string of the molecule is CCOC(=O)C1CSCCN1C(=O)[C@H](N)C(C)C. The van der Waals surface area contributed by atoms with Crippen molar-refractivity contribution in [1.82, 2.24) is 4.90 Å². The second-order valence-electron chi connectivity index (χ2n) is 4.64. The number of nitrogens with two attached hydrogens (primary N) is 1. The topological polar surface area (TPSA) is 72.6 Å². The molecule has 1 saturated heterocycles. The molecule has 104 valence electrons. The Morgan fingerprint density at radius 3 is 2.72 bits per heavy atom. The average Bonchev–Trinajstić information content (AvgIpc) is 2.37. The monoisotopic (exact) mass is 274 g/mol. The fraction of sp³-hybridized carbons (Fsp3) is 0.833. The maximum atomic E-state index is 12.2. The Morgan fingerprint density at radius 2 is 2.17 bits per heavy atom. The van der Waals surface area contributed by atoms with E-state index in [1.165, 1.54) is 0 Å². The number of hydrogen-bond donors (Lipinski definition) is 1. The van der Waals surface area contributed by atoms with Gasteiger partial charge in [-0.05, 0) is 12.8 Å². The summed E-state index contributed by atoms with van der Waals surface area (Å²) in [6.07, 6.45) is 0. The first-order chi connectivity index (χ1) is 8.49. The zero-order valence-corrected chi connectivity index (χ0v) is 12.0. The van der Waals surface area contributed by atoms with Crippen molar-refractivity contribution in [3.8, 4) is 0 Å². The number of esters is 1. The second-order valence-corrected chi connectivity index (χ2v) is 5.79. The van der Waals surface area contributed by atoms with Gasteiger partial charge >= 0.3 is 5.97 Å². The number of hydrogen-bond acceptors (Lipinski definition) is 5. The molecule has 0 aliphatic carbocycles. The normalized spacial score (nSPS) is 21.8. The van der Waals surface area contributed by atoms with Crippen LogP contribution >= 0.6 is 11.8 Å². The van der Waals surface area contributed by atoms with Crippen molar-refractivity contribution in [1.29, 1.82) is 0 Å². The summed E-state index contributed by atoms with van der Waals surface area (Å²) in [5.41, 5.74) is 5.88. The summed E-state index contributed by atoms with van der Waals surface area (Å²) in [7, 11) is 0. The predicted octanol–water partition coefficient (Wildman–Crippen LogP) is 0.477. The second kappa shape index (κ2) is 6.99. The van der Waals surface area contributed by atoms with Crippen LogP contribution in [0.1, 0.15) is 20.8 Å². The zero-order valence-electron chi connectivity index (χ0n) is 11.2. The third kappa shape index (κ3) is 3.62. The Morgan fingerprint density at radius 1 is 1.50 bits per heavy atom. The molecule has 1 aliphatic heterocycles. The van der Waals surface area contributed by atoms with Crippen LogP contribution in [-0.4, -0.2) is 53.5 Å². The van der Waals surface area contributed by atoms with Crippen LogP contribution in [0.5, 0.6) is 0 Å². The average molecular weight is 274 g/mol. The summed E-state index contributed by atoms with van der Waals surface area (Å²) in [5.74, 6) is 1.02. The molecule has 1 unspecified atom stereocenters. The molecule has 2 atom stereocenters. The summed E-state index contributed by atoms with van der Waals surface area (Å²) in [6.45, 7) is 6.47. The minimum Gasteiger partial charge on any atom is -0.464 e. The van der Waals surface area contributed by atoms with Gasteiger partial charge in [0, 0.05) is 18.1 Å². The lowest BCUT2D eigenvalue weighted by Gasteiger charge is -2.35. The van der Waals surface area contributed by atoms with E-state index in [0.717, 1.165) is 5.75 Å². The van der Waals surface area contributed by atoms with E-state index in [1.54, 1.807) is 23.6 Å². The highest BCUT2D eigenvalue weighted by Gasteiger charge is 2.36. The van der Waals surface area contributed by atoms with E-state index in [9.17, 15) is 9.59 Å². The van der Waals surface area contributed by atoms with Crippen LogP contribution in [0, 0.1) is 5.92 Å². The Bertz CT molecular complexity index is 310. The molecule has 0 aromatic rings. The van der Waals surface area contributed by atoms with Gasteiger partial charge in [0.05, 0.1) is 12.6 Å². The van der Waals surface area contributed by atoms with E-state index in [4.69, 9.17) is 10.5 Å². The maximum absolute atomic E-state index is 12.2. The van der Waals surface area contributed by atoms with Crippen molar-refractivity contribution in [2.24, 2.45) is 11.7 Å². The molecule has 1 aliphatic rings. The fourth-order valence-electron chi connectivity index (χ4n) is 1.78. The number of carbonyl (C=O) groups is 2.